The maximum atomic E-state index is 5.39. The first-order chi connectivity index (χ1) is 7.25. The van der Waals surface area contributed by atoms with Gasteiger partial charge in [-0.05, 0) is 46.2 Å². The van der Waals surface area contributed by atoms with Gasteiger partial charge in [0.1, 0.15) is 0 Å². The molecule has 0 saturated carbocycles. The molecule has 1 N–H and O–H groups in total. The lowest BCUT2D eigenvalue weighted by molar-refractivity contribution is 0.150. The molecule has 3 heteroatoms. The van der Waals surface area contributed by atoms with Crippen molar-refractivity contribution in [3.05, 3.63) is 0 Å². The fourth-order valence-corrected chi connectivity index (χ4v) is 2.58. The van der Waals surface area contributed by atoms with Crippen LogP contribution >= 0.6 is 0 Å². The standard InChI is InChI=1S/C12H24N2O/c1-10(2)14-6-3-11(4-7-14)13-12-5-8-15-9-12/h10-13H,3-9H2,1-2H3/t12-/m0/s1. The Morgan fingerprint density at radius 3 is 2.40 bits per heavy atom. The number of hydrogen-bond acceptors (Lipinski definition) is 3. The zero-order chi connectivity index (χ0) is 10.7. The fraction of sp³-hybridized carbons (Fsp3) is 1.00. The van der Waals surface area contributed by atoms with Gasteiger partial charge in [0.05, 0.1) is 6.61 Å². The van der Waals surface area contributed by atoms with Gasteiger partial charge in [0.25, 0.3) is 0 Å². The highest BCUT2D eigenvalue weighted by Crippen LogP contribution is 2.15. The zero-order valence-corrected chi connectivity index (χ0v) is 10.0. The number of likely N-dealkylation sites (tertiary alicyclic amines) is 1. The third-order valence-corrected chi connectivity index (χ3v) is 3.66. The second-order valence-electron chi connectivity index (χ2n) is 5.13. The van der Waals surface area contributed by atoms with E-state index in [9.17, 15) is 0 Å². The van der Waals surface area contributed by atoms with Crippen molar-refractivity contribution in [2.45, 2.75) is 51.2 Å². The molecule has 0 aromatic heterocycles. The van der Waals surface area contributed by atoms with Crippen LogP contribution < -0.4 is 5.32 Å². The van der Waals surface area contributed by atoms with E-state index >= 15 is 0 Å². The summed E-state index contributed by atoms with van der Waals surface area (Å²) in [4.78, 5) is 2.57. The molecule has 2 heterocycles. The summed E-state index contributed by atoms with van der Waals surface area (Å²) in [6, 6.07) is 2.06. The molecule has 2 rings (SSSR count). The Balaban J connectivity index is 1.68. The smallest absolute Gasteiger partial charge is 0.0620 e. The number of hydrogen-bond donors (Lipinski definition) is 1. The molecule has 88 valence electrons. The first kappa shape index (κ1) is 11.4. The lowest BCUT2D eigenvalue weighted by Crippen LogP contribution is -2.48. The average Bonchev–Trinajstić information content (AvgIpc) is 2.71. The molecule has 2 aliphatic heterocycles. The van der Waals surface area contributed by atoms with Crippen molar-refractivity contribution in [3.63, 3.8) is 0 Å². The largest absolute Gasteiger partial charge is 0.380 e. The quantitative estimate of drug-likeness (QED) is 0.762. The van der Waals surface area contributed by atoms with Crippen LogP contribution in [0.2, 0.25) is 0 Å². The first-order valence-electron chi connectivity index (χ1n) is 6.33. The van der Waals surface area contributed by atoms with E-state index in [-0.39, 0.29) is 0 Å². The summed E-state index contributed by atoms with van der Waals surface area (Å²) >= 11 is 0. The van der Waals surface area contributed by atoms with Gasteiger partial charge >= 0.3 is 0 Å². The van der Waals surface area contributed by atoms with Crippen molar-refractivity contribution >= 4 is 0 Å². The zero-order valence-electron chi connectivity index (χ0n) is 10.0. The van der Waals surface area contributed by atoms with Crippen LogP contribution in [0.1, 0.15) is 33.1 Å². The fourth-order valence-electron chi connectivity index (χ4n) is 2.58. The minimum Gasteiger partial charge on any atom is -0.380 e. The molecule has 0 aliphatic carbocycles. The van der Waals surface area contributed by atoms with E-state index in [0.717, 1.165) is 19.3 Å². The minimum absolute atomic E-state index is 0.626. The minimum atomic E-state index is 0.626. The molecular formula is C12H24N2O. The van der Waals surface area contributed by atoms with Crippen molar-refractivity contribution in [3.8, 4) is 0 Å². The molecule has 2 fully saturated rings. The Hall–Kier alpha value is -0.120. The van der Waals surface area contributed by atoms with Gasteiger partial charge in [-0.1, -0.05) is 0 Å². The van der Waals surface area contributed by atoms with Crippen LogP contribution in [0.15, 0.2) is 0 Å². The number of rotatable bonds is 3. The summed E-state index contributed by atoms with van der Waals surface area (Å²) in [5.74, 6) is 0. The molecule has 0 radical (unpaired) electrons. The normalized spacial score (nSPS) is 30.2. The van der Waals surface area contributed by atoms with Gasteiger partial charge in [-0.15, -0.1) is 0 Å². The highest BCUT2D eigenvalue weighted by atomic mass is 16.5. The summed E-state index contributed by atoms with van der Waals surface area (Å²) < 4.78 is 5.39. The van der Waals surface area contributed by atoms with Crippen LogP contribution in [-0.2, 0) is 4.74 Å². The Kier molecular flexibility index (Phi) is 4.00. The molecular weight excluding hydrogens is 188 g/mol. The molecule has 0 amide bonds. The SMILES string of the molecule is CC(C)N1CCC(N[C@H]2CCOC2)CC1. The van der Waals surface area contributed by atoms with E-state index in [1.54, 1.807) is 0 Å². The number of nitrogens with zero attached hydrogens (tertiary/aromatic N) is 1. The van der Waals surface area contributed by atoms with E-state index in [1.807, 2.05) is 0 Å². The monoisotopic (exact) mass is 212 g/mol. The van der Waals surface area contributed by atoms with Crippen LogP contribution in [-0.4, -0.2) is 49.3 Å². The Labute approximate surface area is 93.2 Å². The maximum absolute atomic E-state index is 5.39. The number of ether oxygens (including phenoxy) is 1. The second kappa shape index (κ2) is 5.28. The molecule has 3 nitrogen and oxygen atoms in total. The van der Waals surface area contributed by atoms with Crippen molar-refractivity contribution in [1.29, 1.82) is 0 Å². The van der Waals surface area contributed by atoms with Crippen LogP contribution in [0, 0.1) is 0 Å². The van der Waals surface area contributed by atoms with Crippen LogP contribution in [0.5, 0.6) is 0 Å². The van der Waals surface area contributed by atoms with Crippen LogP contribution in [0.25, 0.3) is 0 Å². The van der Waals surface area contributed by atoms with Crippen molar-refractivity contribution in [1.82, 2.24) is 10.2 Å². The first-order valence-corrected chi connectivity index (χ1v) is 6.33. The predicted octanol–water partition coefficient (Wildman–Crippen LogP) is 1.24. The molecule has 0 aromatic rings. The molecule has 1 atom stereocenters. The van der Waals surface area contributed by atoms with Crippen molar-refractivity contribution in [2.75, 3.05) is 26.3 Å². The van der Waals surface area contributed by atoms with E-state index in [0.29, 0.717) is 12.1 Å². The lowest BCUT2D eigenvalue weighted by Gasteiger charge is -2.35. The van der Waals surface area contributed by atoms with E-state index in [4.69, 9.17) is 4.74 Å². The average molecular weight is 212 g/mol. The predicted molar refractivity (Wildman–Crippen MR) is 62.1 cm³/mol. The molecule has 0 spiro atoms. The van der Waals surface area contributed by atoms with Gasteiger partial charge in [-0.25, -0.2) is 0 Å². The third kappa shape index (κ3) is 3.16. The molecule has 0 unspecified atom stereocenters. The van der Waals surface area contributed by atoms with Gasteiger partial charge in [-0.3, -0.25) is 0 Å². The highest BCUT2D eigenvalue weighted by Gasteiger charge is 2.24. The summed E-state index contributed by atoms with van der Waals surface area (Å²) in [7, 11) is 0. The van der Waals surface area contributed by atoms with E-state index in [2.05, 4.69) is 24.1 Å². The molecule has 0 bridgehead atoms. The molecule has 2 saturated heterocycles. The van der Waals surface area contributed by atoms with E-state index < -0.39 is 0 Å². The summed E-state index contributed by atoms with van der Waals surface area (Å²) in [6.07, 6.45) is 3.80. The number of nitrogens with one attached hydrogen (secondary N) is 1. The van der Waals surface area contributed by atoms with Crippen LogP contribution in [0.3, 0.4) is 0 Å². The van der Waals surface area contributed by atoms with Gasteiger partial charge in [0.15, 0.2) is 0 Å². The maximum Gasteiger partial charge on any atom is 0.0620 e. The van der Waals surface area contributed by atoms with E-state index in [1.165, 1.54) is 32.4 Å². The Morgan fingerprint density at radius 1 is 1.13 bits per heavy atom. The van der Waals surface area contributed by atoms with Crippen molar-refractivity contribution < 1.29 is 4.74 Å². The molecule has 2 aliphatic rings. The van der Waals surface area contributed by atoms with Gasteiger partial charge in [0, 0.05) is 24.7 Å². The van der Waals surface area contributed by atoms with Gasteiger partial charge in [0.2, 0.25) is 0 Å². The molecule has 0 aromatic carbocycles. The number of piperidine rings is 1. The second-order valence-corrected chi connectivity index (χ2v) is 5.13. The highest BCUT2D eigenvalue weighted by molar-refractivity contribution is 4.83. The Morgan fingerprint density at radius 2 is 1.87 bits per heavy atom. The summed E-state index contributed by atoms with van der Waals surface area (Å²) in [5.41, 5.74) is 0. The van der Waals surface area contributed by atoms with Gasteiger partial charge in [-0.2, -0.15) is 0 Å². The topological polar surface area (TPSA) is 24.5 Å². The van der Waals surface area contributed by atoms with Gasteiger partial charge < -0.3 is 15.0 Å². The van der Waals surface area contributed by atoms with Crippen LogP contribution in [0.4, 0.5) is 0 Å². The summed E-state index contributed by atoms with van der Waals surface area (Å²) in [5, 5.41) is 3.73. The lowest BCUT2D eigenvalue weighted by atomic mass is 10.0. The van der Waals surface area contributed by atoms with Crippen molar-refractivity contribution in [2.24, 2.45) is 0 Å². The third-order valence-electron chi connectivity index (χ3n) is 3.66. The summed E-state index contributed by atoms with van der Waals surface area (Å²) in [6.45, 7) is 8.95. The Bertz CT molecular complexity index is 182. The molecule has 15 heavy (non-hydrogen) atoms.